The molecule has 1 heterocycles. The molecule has 15 heavy (non-hydrogen) atoms. The standard InChI is InChI=1S/C10H8FN3O/c1-14-9(6-12-13-14)10(15)7-2-4-8(11)5-3-7/h2-6H,1H3. The van der Waals surface area contributed by atoms with Crippen molar-refractivity contribution in [3.8, 4) is 0 Å². The molecule has 0 atom stereocenters. The highest BCUT2D eigenvalue weighted by molar-refractivity contribution is 6.07. The first-order valence-corrected chi connectivity index (χ1v) is 4.33. The molecule has 0 aliphatic rings. The van der Waals surface area contributed by atoms with Crippen molar-refractivity contribution in [3.63, 3.8) is 0 Å². The Morgan fingerprint density at radius 1 is 1.33 bits per heavy atom. The fourth-order valence-electron chi connectivity index (χ4n) is 1.24. The number of hydrogen-bond donors (Lipinski definition) is 0. The van der Waals surface area contributed by atoms with E-state index in [-0.39, 0.29) is 11.6 Å². The first kappa shape index (κ1) is 9.51. The molecule has 76 valence electrons. The summed E-state index contributed by atoms with van der Waals surface area (Å²) in [5.41, 5.74) is 0.795. The zero-order valence-electron chi connectivity index (χ0n) is 8.01. The number of rotatable bonds is 2. The Bertz CT molecular complexity index is 490. The van der Waals surface area contributed by atoms with Gasteiger partial charge in [-0.15, -0.1) is 5.10 Å². The van der Waals surface area contributed by atoms with E-state index in [1.165, 1.54) is 35.1 Å². The number of hydrogen-bond acceptors (Lipinski definition) is 3. The lowest BCUT2D eigenvalue weighted by molar-refractivity contribution is 0.103. The molecule has 2 rings (SSSR count). The van der Waals surface area contributed by atoms with E-state index in [1.807, 2.05) is 0 Å². The number of benzene rings is 1. The van der Waals surface area contributed by atoms with Crippen molar-refractivity contribution in [2.75, 3.05) is 0 Å². The quantitative estimate of drug-likeness (QED) is 0.692. The van der Waals surface area contributed by atoms with Crippen LogP contribution in [0.25, 0.3) is 0 Å². The molecule has 0 fully saturated rings. The summed E-state index contributed by atoms with van der Waals surface area (Å²) in [5.74, 6) is -0.586. The van der Waals surface area contributed by atoms with Crippen LogP contribution in [0, 0.1) is 5.82 Å². The van der Waals surface area contributed by atoms with Gasteiger partial charge in [-0.25, -0.2) is 9.07 Å². The molecular formula is C10H8FN3O. The van der Waals surface area contributed by atoms with Crippen molar-refractivity contribution in [2.45, 2.75) is 0 Å². The van der Waals surface area contributed by atoms with Crippen LogP contribution in [-0.2, 0) is 7.05 Å². The van der Waals surface area contributed by atoms with E-state index in [4.69, 9.17) is 0 Å². The largest absolute Gasteiger partial charge is 0.287 e. The fourth-order valence-corrected chi connectivity index (χ4v) is 1.24. The summed E-state index contributed by atoms with van der Waals surface area (Å²) in [6.07, 6.45) is 1.38. The van der Waals surface area contributed by atoms with E-state index in [0.29, 0.717) is 11.3 Å². The molecule has 0 radical (unpaired) electrons. The van der Waals surface area contributed by atoms with Crippen molar-refractivity contribution in [3.05, 3.63) is 47.5 Å². The second kappa shape index (κ2) is 3.61. The van der Waals surface area contributed by atoms with E-state index in [0.717, 1.165) is 0 Å². The van der Waals surface area contributed by atoms with E-state index in [2.05, 4.69) is 10.3 Å². The number of carbonyl (C=O) groups excluding carboxylic acids is 1. The Hall–Kier alpha value is -2.04. The minimum absolute atomic E-state index is 0.220. The van der Waals surface area contributed by atoms with Gasteiger partial charge in [-0.05, 0) is 24.3 Å². The lowest BCUT2D eigenvalue weighted by Gasteiger charge is -1.99. The van der Waals surface area contributed by atoms with Gasteiger partial charge in [0.05, 0.1) is 6.20 Å². The van der Waals surface area contributed by atoms with Crippen molar-refractivity contribution < 1.29 is 9.18 Å². The van der Waals surface area contributed by atoms with E-state index >= 15 is 0 Å². The topological polar surface area (TPSA) is 47.8 Å². The van der Waals surface area contributed by atoms with Crippen LogP contribution in [-0.4, -0.2) is 20.8 Å². The molecular weight excluding hydrogens is 197 g/mol. The molecule has 0 aliphatic heterocycles. The maximum absolute atomic E-state index is 12.6. The van der Waals surface area contributed by atoms with Crippen LogP contribution in [0.4, 0.5) is 4.39 Å². The van der Waals surface area contributed by atoms with Gasteiger partial charge >= 0.3 is 0 Å². The predicted molar refractivity (Wildman–Crippen MR) is 50.8 cm³/mol. The number of ketones is 1. The van der Waals surface area contributed by atoms with Crippen LogP contribution < -0.4 is 0 Å². The Kier molecular flexibility index (Phi) is 2.29. The van der Waals surface area contributed by atoms with Crippen LogP contribution >= 0.6 is 0 Å². The van der Waals surface area contributed by atoms with Gasteiger partial charge in [0.1, 0.15) is 11.5 Å². The third-order valence-electron chi connectivity index (χ3n) is 2.05. The number of carbonyl (C=O) groups is 1. The maximum atomic E-state index is 12.6. The van der Waals surface area contributed by atoms with E-state index in [1.54, 1.807) is 7.05 Å². The van der Waals surface area contributed by atoms with Crippen molar-refractivity contribution in [1.82, 2.24) is 15.0 Å². The average Bonchev–Trinajstić information content (AvgIpc) is 2.65. The van der Waals surface area contributed by atoms with E-state index < -0.39 is 0 Å². The van der Waals surface area contributed by atoms with Gasteiger partial charge in [-0.2, -0.15) is 0 Å². The number of aromatic nitrogens is 3. The summed E-state index contributed by atoms with van der Waals surface area (Å²) in [6.45, 7) is 0. The molecule has 1 aromatic carbocycles. The molecule has 0 amide bonds. The SMILES string of the molecule is Cn1nncc1C(=O)c1ccc(F)cc1. The van der Waals surface area contributed by atoms with Crippen molar-refractivity contribution in [1.29, 1.82) is 0 Å². The highest BCUT2D eigenvalue weighted by Crippen LogP contribution is 2.08. The molecule has 0 bridgehead atoms. The van der Waals surface area contributed by atoms with Crippen LogP contribution in [0.2, 0.25) is 0 Å². The summed E-state index contributed by atoms with van der Waals surface area (Å²) < 4.78 is 14.0. The second-order valence-corrected chi connectivity index (χ2v) is 3.08. The molecule has 0 saturated heterocycles. The zero-order valence-corrected chi connectivity index (χ0v) is 8.01. The minimum Gasteiger partial charge on any atom is -0.287 e. The molecule has 0 spiro atoms. The molecule has 4 nitrogen and oxygen atoms in total. The van der Waals surface area contributed by atoms with Gasteiger partial charge in [0.25, 0.3) is 0 Å². The zero-order chi connectivity index (χ0) is 10.8. The van der Waals surface area contributed by atoms with Crippen LogP contribution in [0.15, 0.2) is 30.5 Å². The third kappa shape index (κ3) is 1.76. The molecule has 2 aromatic rings. The molecule has 0 unspecified atom stereocenters. The molecule has 5 heteroatoms. The smallest absolute Gasteiger partial charge is 0.212 e. The lowest BCUT2D eigenvalue weighted by atomic mass is 10.1. The van der Waals surface area contributed by atoms with Gasteiger partial charge in [-0.3, -0.25) is 4.79 Å². The normalized spacial score (nSPS) is 10.3. The summed E-state index contributed by atoms with van der Waals surface area (Å²) in [7, 11) is 1.63. The van der Waals surface area contributed by atoms with Gasteiger partial charge in [0.15, 0.2) is 0 Å². The Balaban J connectivity index is 2.37. The predicted octanol–water partition coefficient (Wildman–Crippen LogP) is 1.19. The highest BCUT2D eigenvalue weighted by atomic mass is 19.1. The highest BCUT2D eigenvalue weighted by Gasteiger charge is 2.13. The Morgan fingerprint density at radius 2 is 2.00 bits per heavy atom. The van der Waals surface area contributed by atoms with Crippen molar-refractivity contribution in [2.24, 2.45) is 7.05 Å². The van der Waals surface area contributed by atoms with Gasteiger partial charge in [0.2, 0.25) is 5.78 Å². The fraction of sp³-hybridized carbons (Fsp3) is 0.100. The lowest BCUT2D eigenvalue weighted by Crippen LogP contribution is -2.08. The Labute approximate surface area is 85.3 Å². The average molecular weight is 205 g/mol. The maximum Gasteiger partial charge on any atom is 0.212 e. The monoisotopic (exact) mass is 205 g/mol. The summed E-state index contributed by atoms with van der Waals surface area (Å²) in [6, 6.07) is 5.36. The minimum atomic E-state index is -0.366. The van der Waals surface area contributed by atoms with Gasteiger partial charge < -0.3 is 0 Å². The molecule has 0 saturated carbocycles. The van der Waals surface area contributed by atoms with E-state index in [9.17, 15) is 9.18 Å². The van der Waals surface area contributed by atoms with Crippen molar-refractivity contribution >= 4 is 5.78 Å². The second-order valence-electron chi connectivity index (χ2n) is 3.08. The first-order chi connectivity index (χ1) is 7.18. The van der Waals surface area contributed by atoms with Crippen LogP contribution in [0.5, 0.6) is 0 Å². The Morgan fingerprint density at radius 3 is 2.53 bits per heavy atom. The summed E-state index contributed by atoms with van der Waals surface area (Å²) in [5, 5.41) is 7.26. The summed E-state index contributed by atoms with van der Waals surface area (Å²) >= 11 is 0. The first-order valence-electron chi connectivity index (χ1n) is 4.33. The number of halogens is 1. The number of aryl methyl sites for hydroxylation is 1. The van der Waals surface area contributed by atoms with Crippen LogP contribution in [0.3, 0.4) is 0 Å². The third-order valence-corrected chi connectivity index (χ3v) is 2.05. The molecule has 0 N–H and O–H groups in total. The number of nitrogens with zero attached hydrogens (tertiary/aromatic N) is 3. The van der Waals surface area contributed by atoms with Gasteiger partial charge in [-0.1, -0.05) is 5.21 Å². The summed E-state index contributed by atoms with van der Waals surface area (Å²) in [4.78, 5) is 11.8. The van der Waals surface area contributed by atoms with Crippen LogP contribution in [0.1, 0.15) is 16.1 Å². The molecule has 0 aliphatic carbocycles. The van der Waals surface area contributed by atoms with Gasteiger partial charge in [0, 0.05) is 12.6 Å². The molecule has 1 aromatic heterocycles.